The lowest BCUT2D eigenvalue weighted by Crippen LogP contribution is -2.36. The second-order valence-electron chi connectivity index (χ2n) is 8.39. The van der Waals surface area contributed by atoms with E-state index in [-0.39, 0.29) is 28.9 Å². The molecule has 0 radical (unpaired) electrons. The fourth-order valence-electron chi connectivity index (χ4n) is 4.53. The number of benzene rings is 1. The molecule has 2 heterocycles. The largest absolute Gasteiger partial charge is 0.367 e. The Morgan fingerprint density at radius 2 is 1.94 bits per heavy atom. The lowest BCUT2D eigenvalue weighted by molar-refractivity contribution is -0.123. The molecule has 2 aliphatic rings. The topological polar surface area (TPSA) is 78.1 Å². The molecule has 4 rings (SSSR count). The zero-order chi connectivity index (χ0) is 24.4. The van der Waals surface area contributed by atoms with Gasteiger partial charge >= 0.3 is 0 Å². The summed E-state index contributed by atoms with van der Waals surface area (Å²) in [6, 6.07) is 8.25. The molecule has 1 N–H and O–H groups in total. The summed E-state index contributed by atoms with van der Waals surface area (Å²) in [5.74, 6) is 0.0615. The van der Waals surface area contributed by atoms with E-state index in [0.29, 0.717) is 39.3 Å². The van der Waals surface area contributed by atoms with Crippen LogP contribution in [0.4, 0.5) is 10.2 Å². The summed E-state index contributed by atoms with van der Waals surface area (Å²) in [6.45, 7) is 4.22. The third-order valence-corrected chi connectivity index (χ3v) is 7.68. The molecule has 1 aliphatic carbocycles. The lowest BCUT2D eigenvalue weighted by atomic mass is 10.0. The summed E-state index contributed by atoms with van der Waals surface area (Å²) in [6.07, 6.45) is 5.81. The lowest BCUT2D eigenvalue weighted by Gasteiger charge is -2.22. The van der Waals surface area contributed by atoms with Gasteiger partial charge in [-0.15, -0.1) is 0 Å². The highest BCUT2D eigenvalue weighted by molar-refractivity contribution is 8.26. The van der Waals surface area contributed by atoms with Gasteiger partial charge in [-0.05, 0) is 56.0 Å². The van der Waals surface area contributed by atoms with Crippen LogP contribution in [0.2, 0.25) is 0 Å². The molecule has 176 valence electrons. The van der Waals surface area contributed by atoms with Crippen molar-refractivity contribution in [2.45, 2.75) is 58.7 Å². The van der Waals surface area contributed by atoms with Crippen LogP contribution in [0.25, 0.3) is 6.08 Å². The van der Waals surface area contributed by atoms with Gasteiger partial charge in [0.1, 0.15) is 27.6 Å². The normalized spacial score (nSPS) is 17.6. The highest BCUT2D eigenvalue weighted by atomic mass is 32.2. The number of thioether (sulfide) groups is 1. The number of nitriles is 1. The molecule has 9 heteroatoms. The first-order valence-electron chi connectivity index (χ1n) is 11.3. The molecule has 0 atom stereocenters. The first-order chi connectivity index (χ1) is 16.3. The van der Waals surface area contributed by atoms with E-state index in [9.17, 15) is 19.2 Å². The zero-order valence-electron chi connectivity index (χ0n) is 19.1. The minimum atomic E-state index is -0.389. The highest BCUT2D eigenvalue weighted by Gasteiger charge is 2.38. The minimum absolute atomic E-state index is 0.0479. The number of aromatic nitrogens is 1. The van der Waals surface area contributed by atoms with Crippen molar-refractivity contribution in [1.82, 2.24) is 9.47 Å². The highest BCUT2D eigenvalue weighted by Crippen LogP contribution is 2.39. The fraction of sp³-hybridized carbons (Fsp3) is 0.360. The van der Waals surface area contributed by atoms with Crippen molar-refractivity contribution in [2.24, 2.45) is 0 Å². The summed E-state index contributed by atoms with van der Waals surface area (Å²) in [7, 11) is 0. The average Bonchev–Trinajstić information content (AvgIpc) is 3.43. The fourth-order valence-corrected chi connectivity index (χ4v) is 5.91. The molecule has 0 bridgehead atoms. The van der Waals surface area contributed by atoms with E-state index < -0.39 is 0 Å². The number of halogens is 1. The van der Waals surface area contributed by atoms with Gasteiger partial charge in [-0.25, -0.2) is 4.39 Å². The maximum atomic E-state index is 13.3. The van der Waals surface area contributed by atoms with Crippen LogP contribution in [0, 0.1) is 24.1 Å². The molecule has 1 aliphatic heterocycles. The average molecular weight is 497 g/mol. The number of pyridine rings is 1. The number of amides is 1. The molecule has 1 aromatic carbocycles. The van der Waals surface area contributed by atoms with E-state index in [4.69, 9.17) is 12.2 Å². The number of anilines is 1. The Kier molecular flexibility index (Phi) is 7.19. The number of hydrogen-bond donors (Lipinski definition) is 1. The minimum Gasteiger partial charge on any atom is -0.367 e. The van der Waals surface area contributed by atoms with Crippen LogP contribution >= 0.6 is 24.0 Å². The first-order valence-corrected chi connectivity index (χ1v) is 12.5. The van der Waals surface area contributed by atoms with Crippen LogP contribution in [0.1, 0.15) is 54.9 Å². The molecule has 1 amide bonds. The molecule has 1 aromatic heterocycles. The number of hydrogen-bond acceptors (Lipinski definition) is 6. The van der Waals surface area contributed by atoms with Crippen LogP contribution in [-0.4, -0.2) is 25.7 Å². The van der Waals surface area contributed by atoms with Gasteiger partial charge in [0.2, 0.25) is 0 Å². The smallest absolute Gasteiger partial charge is 0.270 e. The van der Waals surface area contributed by atoms with Gasteiger partial charge in [-0.1, -0.05) is 49.0 Å². The number of carbonyl (C=O) groups is 1. The molecular weight excluding hydrogens is 471 g/mol. The second kappa shape index (κ2) is 10.1. The molecule has 6 nitrogen and oxygen atoms in total. The summed E-state index contributed by atoms with van der Waals surface area (Å²) < 4.78 is 15.4. The number of thiocarbonyl (C=S) groups is 1. The maximum absolute atomic E-state index is 13.3. The van der Waals surface area contributed by atoms with Crippen LogP contribution in [0.3, 0.4) is 0 Å². The summed E-state index contributed by atoms with van der Waals surface area (Å²) in [5, 5.41) is 13.0. The van der Waals surface area contributed by atoms with Crippen molar-refractivity contribution < 1.29 is 9.18 Å². The number of carbonyl (C=O) groups excluding carboxylic acids is 1. The second-order valence-corrected chi connectivity index (χ2v) is 10.1. The third-order valence-electron chi connectivity index (χ3n) is 6.35. The quantitative estimate of drug-likeness (QED) is 0.451. The van der Waals surface area contributed by atoms with Crippen molar-refractivity contribution in [3.05, 3.63) is 67.6 Å². The standard InChI is InChI=1S/C25H25FN4O2S2/c1-3-29-22(28-14-16-8-10-17(26)11-9-16)19(15(2)20(13-27)23(29)31)12-21-24(32)30(25(33)34-21)18-6-4-5-7-18/h8-12,18,28H,3-7,14H2,1-2H3/b21-12+. The van der Waals surface area contributed by atoms with E-state index >= 15 is 0 Å². The monoisotopic (exact) mass is 496 g/mol. The van der Waals surface area contributed by atoms with E-state index in [1.54, 1.807) is 30.0 Å². The predicted molar refractivity (Wildman–Crippen MR) is 137 cm³/mol. The maximum Gasteiger partial charge on any atom is 0.270 e. The van der Waals surface area contributed by atoms with Crippen molar-refractivity contribution in [3.63, 3.8) is 0 Å². The van der Waals surface area contributed by atoms with Crippen molar-refractivity contribution in [2.75, 3.05) is 5.32 Å². The Bertz CT molecular complexity index is 1270. The van der Waals surface area contributed by atoms with Gasteiger partial charge in [0.05, 0.1) is 4.91 Å². The van der Waals surface area contributed by atoms with E-state index in [1.165, 1.54) is 28.5 Å². The van der Waals surface area contributed by atoms with Gasteiger partial charge in [-0.2, -0.15) is 5.26 Å². The number of nitrogens with one attached hydrogen (secondary N) is 1. The van der Waals surface area contributed by atoms with E-state index in [1.807, 2.05) is 13.0 Å². The Hall–Kier alpha value is -2.96. The summed E-state index contributed by atoms with van der Waals surface area (Å²) in [4.78, 5) is 28.5. The molecule has 1 saturated carbocycles. The van der Waals surface area contributed by atoms with E-state index in [0.717, 1.165) is 31.2 Å². The van der Waals surface area contributed by atoms with Crippen LogP contribution in [-0.2, 0) is 17.9 Å². The SMILES string of the molecule is CCn1c(NCc2ccc(F)cc2)c(/C=C2/SC(=S)N(C3CCCC3)C2=O)c(C)c(C#N)c1=O. The van der Waals surface area contributed by atoms with Gasteiger partial charge in [0.25, 0.3) is 11.5 Å². The predicted octanol–water partition coefficient (Wildman–Crippen LogP) is 4.94. The van der Waals surface area contributed by atoms with Crippen molar-refractivity contribution >= 4 is 46.1 Å². The van der Waals surface area contributed by atoms with Crippen LogP contribution < -0.4 is 10.9 Å². The molecule has 34 heavy (non-hydrogen) atoms. The molecule has 2 fully saturated rings. The zero-order valence-corrected chi connectivity index (χ0v) is 20.7. The van der Waals surface area contributed by atoms with Crippen LogP contribution in [0.5, 0.6) is 0 Å². The Labute approximate surface area is 207 Å². The first kappa shape index (κ1) is 24.2. The molecular formula is C25H25FN4O2S2. The number of rotatable bonds is 6. The molecule has 2 aromatic rings. The van der Waals surface area contributed by atoms with Gasteiger partial charge < -0.3 is 5.32 Å². The van der Waals surface area contributed by atoms with Gasteiger partial charge in [0.15, 0.2) is 0 Å². The Morgan fingerprint density at radius 3 is 2.56 bits per heavy atom. The van der Waals surface area contributed by atoms with Crippen molar-refractivity contribution in [1.29, 1.82) is 5.26 Å². The molecule has 0 unspecified atom stereocenters. The summed E-state index contributed by atoms with van der Waals surface area (Å²) in [5.41, 5.74) is 1.60. The third kappa shape index (κ3) is 4.52. The van der Waals surface area contributed by atoms with Crippen molar-refractivity contribution in [3.8, 4) is 6.07 Å². The Balaban J connectivity index is 1.78. The Morgan fingerprint density at radius 1 is 1.26 bits per heavy atom. The molecule has 0 spiro atoms. The van der Waals surface area contributed by atoms with Gasteiger partial charge in [0, 0.05) is 24.7 Å². The number of nitrogens with zero attached hydrogens (tertiary/aromatic N) is 3. The summed E-state index contributed by atoms with van der Waals surface area (Å²) >= 11 is 6.79. The van der Waals surface area contributed by atoms with Crippen LogP contribution in [0.15, 0.2) is 34.0 Å². The molecule has 1 saturated heterocycles. The van der Waals surface area contributed by atoms with E-state index in [2.05, 4.69) is 5.32 Å². The van der Waals surface area contributed by atoms with Gasteiger partial charge in [-0.3, -0.25) is 19.1 Å².